The lowest BCUT2D eigenvalue weighted by Gasteiger charge is -2.03. The van der Waals surface area contributed by atoms with Crippen LogP contribution < -0.4 is 10.6 Å². The van der Waals surface area contributed by atoms with Crippen molar-refractivity contribution in [1.29, 1.82) is 0 Å². The summed E-state index contributed by atoms with van der Waals surface area (Å²) >= 11 is 17.7. The van der Waals surface area contributed by atoms with Gasteiger partial charge in [-0.1, -0.05) is 42.2 Å². The van der Waals surface area contributed by atoms with Gasteiger partial charge < -0.3 is 29.1 Å². The lowest BCUT2D eigenvalue weighted by Crippen LogP contribution is -2.20. The van der Waals surface area contributed by atoms with Gasteiger partial charge in [0.05, 0.1) is 6.61 Å². The Hall–Kier alpha value is -3.95. The molecule has 3 heterocycles. The number of carbonyl (C=O) groups is 2. The molecule has 1 amide bonds. The van der Waals surface area contributed by atoms with Crippen molar-refractivity contribution in [2.24, 2.45) is 21.1 Å². The molecule has 0 atom stereocenters. The van der Waals surface area contributed by atoms with Gasteiger partial charge in [-0.15, -0.1) is 0 Å². The Labute approximate surface area is 284 Å². The summed E-state index contributed by atoms with van der Waals surface area (Å²) in [5.41, 5.74) is 5.63. The topological polar surface area (TPSA) is 82.2 Å². The Morgan fingerprint density at radius 1 is 0.674 bits per heavy atom. The van der Waals surface area contributed by atoms with Crippen molar-refractivity contribution in [3.8, 4) is 0 Å². The monoisotopic (exact) mass is 683 g/mol. The van der Waals surface area contributed by atoms with Crippen LogP contribution in [0.25, 0.3) is 32.7 Å². The van der Waals surface area contributed by atoms with Crippen LogP contribution in [0.15, 0.2) is 72.8 Å². The Morgan fingerprint density at radius 3 is 1.57 bits per heavy atom. The Bertz CT molecular complexity index is 1990. The van der Waals surface area contributed by atoms with E-state index in [1.54, 1.807) is 26.1 Å². The standard InChI is InChI=1S/C12H12ClNO2.C11H11ClN2O.C11H13ClN2.CH4/c1-3-16-12(15)11-7-8-6-9(13)4-5-10(8)14(11)2;1-13-11(15)10-6-7-5-8(12)3-4-9(7)14(10)2;1-13-7-10-6-8-5-9(12)3-4-11(8)14(10)2;/h4-7H,3H2,1-2H3;3-6H,1-2H3,(H,13,15);3-6,13H,7H2,1-2H3;1H4. The minimum absolute atomic E-state index is 0. The van der Waals surface area contributed by atoms with E-state index in [2.05, 4.69) is 34.4 Å². The fraction of sp³-hybridized carbons (Fsp3) is 0.257. The molecule has 0 saturated heterocycles. The molecule has 11 heteroatoms. The normalized spacial score (nSPS) is 10.5. The van der Waals surface area contributed by atoms with Gasteiger partial charge in [-0.2, -0.15) is 0 Å². The number of aromatic nitrogens is 3. The number of nitrogens with one attached hydrogen (secondary N) is 2. The Kier molecular flexibility index (Phi) is 12.7. The third kappa shape index (κ3) is 8.06. The first-order valence-electron chi connectivity index (χ1n) is 14.3. The molecule has 0 saturated carbocycles. The molecule has 0 bridgehead atoms. The van der Waals surface area contributed by atoms with Gasteiger partial charge in [-0.05, 0) is 86.8 Å². The van der Waals surface area contributed by atoms with Crippen LogP contribution in [0, 0.1) is 0 Å². The number of carbonyl (C=O) groups excluding carboxylic acids is 2. The third-order valence-corrected chi connectivity index (χ3v) is 8.12. The van der Waals surface area contributed by atoms with E-state index in [9.17, 15) is 9.59 Å². The number of nitrogens with zero attached hydrogens (tertiary/aromatic N) is 3. The minimum Gasteiger partial charge on any atom is -0.461 e. The Balaban J connectivity index is 0.000000186. The van der Waals surface area contributed by atoms with Crippen LogP contribution in [0.4, 0.5) is 0 Å². The molecule has 6 rings (SSSR count). The van der Waals surface area contributed by atoms with Crippen LogP contribution >= 0.6 is 34.8 Å². The fourth-order valence-electron chi connectivity index (χ4n) is 5.12. The predicted molar refractivity (Wildman–Crippen MR) is 193 cm³/mol. The van der Waals surface area contributed by atoms with Crippen molar-refractivity contribution < 1.29 is 14.3 Å². The molecule has 0 spiro atoms. The SMILES string of the molecule is C.CCOC(=O)c1cc2cc(Cl)ccc2n1C.CNC(=O)c1cc2cc(Cl)ccc2n1C.CNCc1cc2cc(Cl)ccc2n1C. The van der Waals surface area contributed by atoms with Crippen molar-refractivity contribution in [3.63, 3.8) is 0 Å². The van der Waals surface area contributed by atoms with Crippen LogP contribution in [0.1, 0.15) is 41.0 Å². The number of ether oxygens (including phenoxy) is 1. The number of aryl methyl sites for hydroxylation is 3. The quantitative estimate of drug-likeness (QED) is 0.179. The van der Waals surface area contributed by atoms with Crippen LogP contribution in [0.3, 0.4) is 0 Å². The van der Waals surface area contributed by atoms with Crippen molar-refractivity contribution in [2.75, 3.05) is 20.7 Å². The molecule has 0 aliphatic rings. The van der Waals surface area contributed by atoms with Gasteiger partial charge >= 0.3 is 5.97 Å². The second-order valence-corrected chi connectivity index (χ2v) is 11.6. The van der Waals surface area contributed by atoms with Gasteiger partial charge in [0.15, 0.2) is 0 Å². The summed E-state index contributed by atoms with van der Waals surface area (Å²) in [6, 6.07) is 22.9. The molecule has 6 aromatic rings. The van der Waals surface area contributed by atoms with E-state index in [4.69, 9.17) is 39.5 Å². The number of amides is 1. The highest BCUT2D eigenvalue weighted by atomic mass is 35.5. The van der Waals surface area contributed by atoms with Crippen LogP contribution in [0.2, 0.25) is 15.1 Å². The highest BCUT2D eigenvalue weighted by Crippen LogP contribution is 2.24. The first kappa shape index (κ1) is 36.5. The van der Waals surface area contributed by atoms with E-state index in [0.717, 1.165) is 33.4 Å². The number of rotatable bonds is 5. The lowest BCUT2D eigenvalue weighted by molar-refractivity contribution is 0.0515. The van der Waals surface area contributed by atoms with Crippen molar-refractivity contribution in [1.82, 2.24) is 24.3 Å². The summed E-state index contributed by atoms with van der Waals surface area (Å²) in [6.07, 6.45) is 0. The summed E-state index contributed by atoms with van der Waals surface area (Å²) < 4.78 is 10.8. The second kappa shape index (κ2) is 16.1. The molecule has 46 heavy (non-hydrogen) atoms. The maximum absolute atomic E-state index is 11.6. The summed E-state index contributed by atoms with van der Waals surface area (Å²) in [5.74, 6) is -0.401. The maximum Gasteiger partial charge on any atom is 0.354 e. The minimum atomic E-state index is -0.308. The summed E-state index contributed by atoms with van der Waals surface area (Å²) in [4.78, 5) is 23.2. The van der Waals surface area contributed by atoms with Crippen LogP contribution in [-0.4, -0.2) is 46.3 Å². The van der Waals surface area contributed by atoms with Gasteiger partial charge in [0.2, 0.25) is 0 Å². The van der Waals surface area contributed by atoms with E-state index in [1.165, 1.54) is 16.6 Å². The van der Waals surface area contributed by atoms with Gasteiger partial charge in [-0.3, -0.25) is 4.79 Å². The maximum atomic E-state index is 11.6. The van der Waals surface area contributed by atoms with E-state index in [0.29, 0.717) is 28.0 Å². The number of hydrogen-bond acceptors (Lipinski definition) is 4. The average Bonchev–Trinajstić information content (AvgIpc) is 3.63. The molecule has 0 aliphatic carbocycles. The lowest BCUT2D eigenvalue weighted by atomic mass is 10.2. The van der Waals surface area contributed by atoms with Gasteiger partial charge in [0.25, 0.3) is 5.91 Å². The molecule has 8 nitrogen and oxygen atoms in total. The van der Waals surface area contributed by atoms with Gasteiger partial charge in [0, 0.05) is 88.2 Å². The largest absolute Gasteiger partial charge is 0.461 e. The number of hydrogen-bond donors (Lipinski definition) is 2. The number of benzene rings is 3. The summed E-state index contributed by atoms with van der Waals surface area (Å²) in [7, 11) is 9.34. The number of halogens is 3. The first-order chi connectivity index (χ1) is 21.5. The molecular formula is C35H40Cl3N5O3. The molecule has 0 aliphatic heterocycles. The molecule has 0 fully saturated rings. The average molecular weight is 685 g/mol. The molecule has 3 aromatic heterocycles. The van der Waals surface area contributed by atoms with E-state index >= 15 is 0 Å². The molecule has 2 N–H and O–H groups in total. The van der Waals surface area contributed by atoms with Gasteiger partial charge in [-0.25, -0.2) is 4.79 Å². The zero-order valence-corrected chi connectivity index (χ0v) is 28.3. The van der Waals surface area contributed by atoms with Crippen molar-refractivity contribution in [3.05, 3.63) is 105 Å². The predicted octanol–water partition coefficient (Wildman–Crippen LogP) is 8.39. The zero-order chi connectivity index (χ0) is 32.8. The van der Waals surface area contributed by atoms with Crippen LogP contribution in [-0.2, 0) is 32.4 Å². The van der Waals surface area contributed by atoms with Crippen LogP contribution in [0.5, 0.6) is 0 Å². The second-order valence-electron chi connectivity index (χ2n) is 10.3. The summed E-state index contributed by atoms with van der Waals surface area (Å²) in [6.45, 7) is 3.04. The van der Waals surface area contributed by atoms with Gasteiger partial charge in [0.1, 0.15) is 11.4 Å². The third-order valence-electron chi connectivity index (χ3n) is 7.42. The molecule has 3 aromatic carbocycles. The molecule has 0 radical (unpaired) electrons. The molecule has 244 valence electrons. The summed E-state index contributed by atoms with van der Waals surface area (Å²) in [5, 5.41) is 11.0. The molecular weight excluding hydrogens is 645 g/mol. The van der Waals surface area contributed by atoms with Crippen molar-refractivity contribution >= 4 is 79.4 Å². The fourth-order valence-corrected chi connectivity index (χ4v) is 5.66. The zero-order valence-electron chi connectivity index (χ0n) is 26.0. The van der Waals surface area contributed by atoms with E-state index in [-0.39, 0.29) is 19.3 Å². The van der Waals surface area contributed by atoms with E-state index < -0.39 is 0 Å². The molecule has 0 unspecified atom stereocenters. The Morgan fingerprint density at radius 2 is 1.11 bits per heavy atom. The highest BCUT2D eigenvalue weighted by molar-refractivity contribution is 6.32. The highest BCUT2D eigenvalue weighted by Gasteiger charge is 2.14. The van der Waals surface area contributed by atoms with Crippen molar-refractivity contribution in [2.45, 2.75) is 20.9 Å². The number of fused-ring (bicyclic) bond motifs is 3. The van der Waals surface area contributed by atoms with E-state index in [1.807, 2.05) is 78.8 Å². The first-order valence-corrected chi connectivity index (χ1v) is 15.4. The number of esters is 1. The smallest absolute Gasteiger partial charge is 0.354 e.